The summed E-state index contributed by atoms with van der Waals surface area (Å²) in [6.45, 7) is 0. The summed E-state index contributed by atoms with van der Waals surface area (Å²) < 4.78 is 18.9. The van der Waals surface area contributed by atoms with Crippen LogP contribution in [0.4, 0.5) is 0 Å². The van der Waals surface area contributed by atoms with E-state index in [0.717, 1.165) is 10.6 Å². The normalized spacial score (nSPS) is 11.2. The Kier molecular flexibility index (Phi) is 4.68. The van der Waals surface area contributed by atoms with Crippen LogP contribution in [-0.2, 0) is 4.57 Å². The van der Waals surface area contributed by atoms with Gasteiger partial charge in [-0.2, -0.15) is 0 Å². The number of hydrogen-bond donors (Lipinski definition) is 0. The van der Waals surface area contributed by atoms with Crippen LogP contribution in [0.15, 0.2) is 83.7 Å². The number of amides is 1. The van der Waals surface area contributed by atoms with Gasteiger partial charge in [-0.05, 0) is 6.07 Å². The molecule has 4 nitrogen and oxygen atoms in total. The highest BCUT2D eigenvalue weighted by molar-refractivity contribution is 7.78. The molecule has 0 aliphatic carbocycles. The summed E-state index contributed by atoms with van der Waals surface area (Å²) in [4.78, 5) is 14.0. The topological polar surface area (TPSA) is 50.5 Å². The molecule has 0 unspecified atom stereocenters. The second-order valence-corrected chi connectivity index (χ2v) is 8.36. The summed E-state index contributed by atoms with van der Waals surface area (Å²) in [6.07, 6.45) is 2.98. The lowest BCUT2D eigenvalue weighted by Gasteiger charge is -2.25. The van der Waals surface area contributed by atoms with E-state index in [2.05, 4.69) is 0 Å². The highest BCUT2D eigenvalue weighted by atomic mass is 31.2. The third-order valence-electron chi connectivity index (χ3n) is 3.87. The molecule has 1 amide bonds. The molecule has 5 heteroatoms. The molecule has 0 spiro atoms. The van der Waals surface area contributed by atoms with Gasteiger partial charge in [0.1, 0.15) is 6.26 Å². The van der Waals surface area contributed by atoms with Gasteiger partial charge in [0.25, 0.3) is 5.91 Å². The van der Waals surface area contributed by atoms with E-state index in [1.807, 2.05) is 60.7 Å². The summed E-state index contributed by atoms with van der Waals surface area (Å²) in [6, 6.07) is 20.2. The van der Waals surface area contributed by atoms with E-state index in [1.54, 1.807) is 13.1 Å². The Bertz CT molecular complexity index is 801. The maximum atomic E-state index is 13.9. The van der Waals surface area contributed by atoms with Crippen LogP contribution in [0.5, 0.6) is 0 Å². The molecule has 24 heavy (non-hydrogen) atoms. The van der Waals surface area contributed by atoms with Crippen LogP contribution in [0, 0.1) is 0 Å². The molecule has 2 aromatic carbocycles. The van der Waals surface area contributed by atoms with Gasteiger partial charge in [0.2, 0.25) is 0 Å². The second kappa shape index (κ2) is 6.90. The summed E-state index contributed by atoms with van der Waals surface area (Å²) in [5.41, 5.74) is 0.449. The fourth-order valence-electron chi connectivity index (χ4n) is 2.62. The largest absolute Gasteiger partial charge is 0.472 e. The van der Waals surface area contributed by atoms with Crippen molar-refractivity contribution in [2.24, 2.45) is 0 Å². The summed E-state index contributed by atoms with van der Waals surface area (Å²) in [5.74, 6) is -0.212. The SMILES string of the molecule is CN(CP(=O)(c1ccccc1)c1ccccc1)C(=O)c1ccoc1. The third-order valence-corrected chi connectivity index (χ3v) is 6.96. The van der Waals surface area contributed by atoms with E-state index in [4.69, 9.17) is 4.42 Å². The predicted molar refractivity (Wildman–Crippen MR) is 95.4 cm³/mol. The van der Waals surface area contributed by atoms with Gasteiger partial charge in [-0.1, -0.05) is 60.7 Å². The van der Waals surface area contributed by atoms with E-state index >= 15 is 0 Å². The molecule has 3 aromatic rings. The van der Waals surface area contributed by atoms with Gasteiger partial charge in [0.05, 0.1) is 18.1 Å². The van der Waals surface area contributed by atoms with Crippen LogP contribution in [0.2, 0.25) is 0 Å². The molecule has 0 N–H and O–H groups in total. The van der Waals surface area contributed by atoms with E-state index in [0.29, 0.717) is 5.56 Å². The zero-order valence-corrected chi connectivity index (χ0v) is 14.2. The van der Waals surface area contributed by atoms with Crippen molar-refractivity contribution in [3.63, 3.8) is 0 Å². The monoisotopic (exact) mass is 339 g/mol. The van der Waals surface area contributed by atoms with Crippen molar-refractivity contribution in [3.8, 4) is 0 Å². The van der Waals surface area contributed by atoms with Gasteiger partial charge in [-0.3, -0.25) is 4.79 Å². The van der Waals surface area contributed by atoms with Crippen LogP contribution in [0.3, 0.4) is 0 Å². The second-order valence-electron chi connectivity index (χ2n) is 5.57. The molecule has 0 aliphatic heterocycles. The van der Waals surface area contributed by atoms with Crippen molar-refractivity contribution in [1.82, 2.24) is 4.90 Å². The number of benzene rings is 2. The van der Waals surface area contributed by atoms with E-state index in [9.17, 15) is 9.36 Å². The van der Waals surface area contributed by atoms with Crippen LogP contribution >= 0.6 is 7.14 Å². The van der Waals surface area contributed by atoms with E-state index < -0.39 is 7.14 Å². The molecule has 1 heterocycles. The summed E-state index contributed by atoms with van der Waals surface area (Å²) in [5, 5.41) is 1.48. The molecule has 3 rings (SSSR count). The molecule has 0 saturated heterocycles. The molecular weight excluding hydrogens is 321 g/mol. The standard InChI is InChI=1S/C19H18NO3P/c1-20(19(21)16-12-13-23-14-16)15-24(22,17-8-4-2-5-9-17)18-10-6-3-7-11-18/h2-14H,15H2,1H3. The van der Waals surface area contributed by atoms with Gasteiger partial charge < -0.3 is 13.9 Å². The summed E-state index contributed by atoms with van der Waals surface area (Å²) in [7, 11) is -1.30. The zero-order chi connectivity index (χ0) is 17.0. The highest BCUT2D eigenvalue weighted by Gasteiger charge is 2.30. The maximum Gasteiger partial charge on any atom is 0.257 e. The van der Waals surface area contributed by atoms with Crippen LogP contribution in [0.25, 0.3) is 0 Å². The lowest BCUT2D eigenvalue weighted by Crippen LogP contribution is -2.32. The van der Waals surface area contributed by atoms with Crippen molar-refractivity contribution in [1.29, 1.82) is 0 Å². The van der Waals surface area contributed by atoms with Crippen LogP contribution < -0.4 is 10.6 Å². The number of furan rings is 1. The first-order chi connectivity index (χ1) is 11.6. The summed E-state index contributed by atoms with van der Waals surface area (Å²) >= 11 is 0. The zero-order valence-electron chi connectivity index (χ0n) is 13.3. The molecule has 0 atom stereocenters. The Hall–Kier alpha value is -2.58. The van der Waals surface area contributed by atoms with E-state index in [-0.39, 0.29) is 12.2 Å². The molecule has 0 saturated carbocycles. The molecule has 122 valence electrons. The number of carbonyl (C=O) groups excluding carboxylic acids is 1. The quantitative estimate of drug-likeness (QED) is 0.670. The average molecular weight is 339 g/mol. The van der Waals surface area contributed by atoms with Crippen molar-refractivity contribution in [2.45, 2.75) is 0 Å². The first kappa shape index (κ1) is 16.3. The molecule has 0 radical (unpaired) electrons. The number of nitrogens with zero attached hydrogens (tertiary/aromatic N) is 1. The minimum atomic E-state index is -2.96. The lowest BCUT2D eigenvalue weighted by molar-refractivity contribution is 0.0817. The molecule has 0 bridgehead atoms. The highest BCUT2D eigenvalue weighted by Crippen LogP contribution is 2.43. The van der Waals surface area contributed by atoms with Gasteiger partial charge in [-0.15, -0.1) is 0 Å². The van der Waals surface area contributed by atoms with Gasteiger partial charge in [0, 0.05) is 17.7 Å². The molecular formula is C19H18NO3P. The van der Waals surface area contributed by atoms with Crippen molar-refractivity contribution >= 4 is 23.7 Å². The Morgan fingerprint density at radius 1 is 0.958 bits per heavy atom. The van der Waals surface area contributed by atoms with Crippen molar-refractivity contribution in [3.05, 3.63) is 84.8 Å². The van der Waals surface area contributed by atoms with Gasteiger partial charge >= 0.3 is 0 Å². The predicted octanol–water partition coefficient (Wildman–Crippen LogP) is 3.32. The first-order valence-corrected chi connectivity index (χ1v) is 9.48. The van der Waals surface area contributed by atoms with Gasteiger partial charge in [-0.25, -0.2) is 0 Å². The number of hydrogen-bond acceptors (Lipinski definition) is 3. The Balaban J connectivity index is 1.97. The van der Waals surface area contributed by atoms with E-state index in [1.165, 1.54) is 17.4 Å². The first-order valence-electron chi connectivity index (χ1n) is 7.59. The minimum Gasteiger partial charge on any atom is -0.472 e. The van der Waals surface area contributed by atoms with Gasteiger partial charge in [0.15, 0.2) is 7.14 Å². The van der Waals surface area contributed by atoms with Crippen molar-refractivity contribution < 1.29 is 13.8 Å². The Morgan fingerprint density at radius 3 is 1.96 bits per heavy atom. The third kappa shape index (κ3) is 3.19. The Morgan fingerprint density at radius 2 is 1.50 bits per heavy atom. The molecule has 1 aromatic heterocycles. The minimum absolute atomic E-state index is 0.130. The molecule has 0 fully saturated rings. The molecule has 0 aliphatic rings. The lowest BCUT2D eigenvalue weighted by atomic mass is 10.3. The number of rotatable bonds is 5. The van der Waals surface area contributed by atoms with Crippen LogP contribution in [0.1, 0.15) is 10.4 Å². The van der Waals surface area contributed by atoms with Crippen LogP contribution in [-0.4, -0.2) is 24.1 Å². The average Bonchev–Trinajstić information content (AvgIpc) is 3.17. The fraction of sp³-hybridized carbons (Fsp3) is 0.105. The maximum absolute atomic E-state index is 13.9. The smallest absolute Gasteiger partial charge is 0.257 e. The fourth-order valence-corrected chi connectivity index (χ4v) is 5.28. The number of carbonyl (C=O) groups is 1. The Labute approximate surface area is 141 Å². The van der Waals surface area contributed by atoms with Crippen molar-refractivity contribution in [2.75, 3.05) is 13.3 Å².